The molecule has 1 aliphatic carbocycles. The number of amides is 1. The molecule has 4 rings (SSSR count). The van der Waals surface area contributed by atoms with Gasteiger partial charge in [-0.3, -0.25) is 4.79 Å². The van der Waals surface area contributed by atoms with Gasteiger partial charge >= 0.3 is 0 Å². The number of rotatable bonds is 7. The standard InChI is InChI=1S/C28H33F2N3OS/c1-33-16-11-20(12-17-33)19-35-22-8-6-21(7-9-22)23-4-2-3-5-24(23)25-10-13-28(29,30)18-26(25)27(34)32-15-14-31/h2-9,20,25-26H,10-13,15-19H2,1H3,(H,32,34). The number of hydrogen-bond acceptors (Lipinski definition) is 4. The summed E-state index contributed by atoms with van der Waals surface area (Å²) in [6.07, 6.45) is 2.01. The fraction of sp³-hybridized carbons (Fsp3) is 0.500. The second kappa shape index (κ2) is 11.5. The van der Waals surface area contributed by atoms with Gasteiger partial charge in [0.25, 0.3) is 0 Å². The van der Waals surface area contributed by atoms with Crippen molar-refractivity contribution in [2.75, 3.05) is 32.4 Å². The molecule has 7 heteroatoms. The molecule has 186 valence electrons. The third-order valence-corrected chi connectivity index (χ3v) is 8.60. The maximum atomic E-state index is 14.3. The zero-order chi connectivity index (χ0) is 24.8. The predicted molar refractivity (Wildman–Crippen MR) is 136 cm³/mol. The molecule has 4 nitrogen and oxygen atoms in total. The summed E-state index contributed by atoms with van der Waals surface area (Å²) in [7, 11) is 2.18. The van der Waals surface area contributed by atoms with E-state index in [1.165, 1.54) is 30.8 Å². The molecule has 1 N–H and O–H groups in total. The third kappa shape index (κ3) is 6.62. The largest absolute Gasteiger partial charge is 0.343 e. The zero-order valence-corrected chi connectivity index (χ0v) is 21.0. The minimum absolute atomic E-state index is 0.175. The molecule has 0 bridgehead atoms. The van der Waals surface area contributed by atoms with Crippen molar-refractivity contribution in [3.63, 3.8) is 0 Å². The Bertz CT molecular complexity index is 1040. The van der Waals surface area contributed by atoms with Crippen LogP contribution in [0.4, 0.5) is 8.78 Å². The molecule has 0 aromatic heterocycles. The van der Waals surface area contributed by atoms with E-state index in [-0.39, 0.29) is 25.3 Å². The molecular formula is C28H33F2N3OS. The first-order chi connectivity index (χ1) is 16.9. The number of carbonyl (C=O) groups is 1. The Hall–Kier alpha value is -2.43. The molecule has 2 aromatic carbocycles. The lowest BCUT2D eigenvalue weighted by Crippen LogP contribution is -2.41. The number of benzene rings is 2. The highest BCUT2D eigenvalue weighted by molar-refractivity contribution is 7.99. The lowest BCUT2D eigenvalue weighted by Gasteiger charge is -2.36. The van der Waals surface area contributed by atoms with Crippen LogP contribution < -0.4 is 5.32 Å². The minimum atomic E-state index is -2.87. The number of hydrogen-bond donors (Lipinski definition) is 1. The van der Waals surface area contributed by atoms with E-state index in [1.54, 1.807) is 0 Å². The zero-order valence-electron chi connectivity index (χ0n) is 20.2. The molecule has 2 unspecified atom stereocenters. The van der Waals surface area contributed by atoms with Crippen molar-refractivity contribution in [3.8, 4) is 17.2 Å². The minimum Gasteiger partial charge on any atom is -0.343 e. The molecule has 1 aliphatic heterocycles. The molecule has 2 aliphatic rings. The average Bonchev–Trinajstić information content (AvgIpc) is 2.87. The van der Waals surface area contributed by atoms with Crippen LogP contribution in [-0.4, -0.2) is 49.2 Å². The molecular weight excluding hydrogens is 464 g/mol. The van der Waals surface area contributed by atoms with Gasteiger partial charge in [0.2, 0.25) is 11.8 Å². The molecule has 2 fully saturated rings. The van der Waals surface area contributed by atoms with Crippen molar-refractivity contribution < 1.29 is 13.6 Å². The van der Waals surface area contributed by atoms with E-state index in [2.05, 4.69) is 41.5 Å². The van der Waals surface area contributed by atoms with Gasteiger partial charge in [-0.05, 0) is 80.1 Å². The van der Waals surface area contributed by atoms with Crippen molar-refractivity contribution in [3.05, 3.63) is 54.1 Å². The highest BCUT2D eigenvalue weighted by Crippen LogP contribution is 2.47. The third-order valence-electron chi connectivity index (χ3n) is 7.35. The quantitative estimate of drug-likeness (QED) is 0.380. The highest BCUT2D eigenvalue weighted by atomic mass is 32.2. The van der Waals surface area contributed by atoms with Gasteiger partial charge in [-0.15, -0.1) is 11.8 Å². The summed E-state index contributed by atoms with van der Waals surface area (Å²) in [5.74, 6) is -2.64. The Morgan fingerprint density at radius 2 is 1.86 bits per heavy atom. The summed E-state index contributed by atoms with van der Waals surface area (Å²) in [4.78, 5) is 16.4. The first kappa shape index (κ1) is 25.7. The molecule has 1 heterocycles. The summed E-state index contributed by atoms with van der Waals surface area (Å²) in [6.45, 7) is 2.17. The van der Waals surface area contributed by atoms with Crippen LogP contribution in [0.2, 0.25) is 0 Å². The number of carbonyl (C=O) groups excluding carboxylic acids is 1. The van der Waals surface area contributed by atoms with Crippen LogP contribution in [0.1, 0.15) is 43.6 Å². The van der Waals surface area contributed by atoms with E-state index in [1.807, 2.05) is 42.1 Å². The number of piperidine rings is 1. The summed E-state index contributed by atoms with van der Waals surface area (Å²) < 4.78 is 28.5. The number of nitrogens with one attached hydrogen (secondary N) is 1. The molecule has 2 aromatic rings. The van der Waals surface area contributed by atoms with Crippen molar-refractivity contribution >= 4 is 17.7 Å². The topological polar surface area (TPSA) is 56.1 Å². The molecule has 0 radical (unpaired) electrons. The van der Waals surface area contributed by atoms with E-state index in [0.717, 1.165) is 28.4 Å². The predicted octanol–water partition coefficient (Wildman–Crippen LogP) is 5.95. The number of nitrogens with zero attached hydrogens (tertiary/aromatic N) is 2. The maximum absolute atomic E-state index is 14.3. The summed E-state index contributed by atoms with van der Waals surface area (Å²) in [5, 5.41) is 11.3. The van der Waals surface area contributed by atoms with Crippen molar-refractivity contribution in [1.29, 1.82) is 5.26 Å². The maximum Gasteiger partial charge on any atom is 0.249 e. The van der Waals surface area contributed by atoms with Gasteiger partial charge < -0.3 is 10.2 Å². The van der Waals surface area contributed by atoms with Gasteiger partial charge in [-0.25, -0.2) is 8.78 Å². The second-order valence-corrected chi connectivity index (χ2v) is 11.0. The van der Waals surface area contributed by atoms with Gasteiger partial charge in [0.1, 0.15) is 6.54 Å². The molecule has 0 spiro atoms. The number of nitriles is 1. The van der Waals surface area contributed by atoms with Crippen LogP contribution in [-0.2, 0) is 4.79 Å². The fourth-order valence-electron chi connectivity index (χ4n) is 5.30. The lowest BCUT2D eigenvalue weighted by atomic mass is 9.72. The van der Waals surface area contributed by atoms with Crippen LogP contribution in [0.15, 0.2) is 53.4 Å². The van der Waals surface area contributed by atoms with Gasteiger partial charge in [0.15, 0.2) is 0 Å². The second-order valence-electron chi connectivity index (χ2n) is 9.86. The number of halogens is 2. The molecule has 1 saturated carbocycles. The van der Waals surface area contributed by atoms with Gasteiger partial charge in [-0.2, -0.15) is 5.26 Å². The SMILES string of the molecule is CN1CCC(CSc2ccc(-c3ccccc3C3CCC(F)(F)CC3C(=O)NCC#N)cc2)CC1. The van der Waals surface area contributed by atoms with E-state index in [4.69, 9.17) is 5.26 Å². The van der Waals surface area contributed by atoms with Gasteiger partial charge in [-0.1, -0.05) is 36.4 Å². The number of alkyl halides is 2. The Balaban J connectivity index is 1.51. The van der Waals surface area contributed by atoms with Crippen molar-refractivity contribution in [2.45, 2.75) is 48.8 Å². The fourth-order valence-corrected chi connectivity index (χ4v) is 6.39. The number of thioether (sulfide) groups is 1. The average molecular weight is 498 g/mol. The van der Waals surface area contributed by atoms with E-state index in [0.29, 0.717) is 0 Å². The van der Waals surface area contributed by atoms with Gasteiger partial charge in [0, 0.05) is 23.5 Å². The lowest BCUT2D eigenvalue weighted by molar-refractivity contribution is -0.133. The molecule has 1 amide bonds. The molecule has 1 saturated heterocycles. The van der Waals surface area contributed by atoms with Crippen molar-refractivity contribution in [2.24, 2.45) is 11.8 Å². The van der Waals surface area contributed by atoms with Crippen LogP contribution in [0.5, 0.6) is 0 Å². The first-order valence-corrected chi connectivity index (χ1v) is 13.4. The summed E-state index contributed by atoms with van der Waals surface area (Å²) in [6, 6.07) is 18.1. The Kier molecular flexibility index (Phi) is 8.46. The van der Waals surface area contributed by atoms with Crippen LogP contribution in [0, 0.1) is 23.2 Å². The Morgan fingerprint density at radius 3 is 2.57 bits per heavy atom. The van der Waals surface area contributed by atoms with Gasteiger partial charge in [0.05, 0.1) is 12.0 Å². The smallest absolute Gasteiger partial charge is 0.249 e. The molecule has 35 heavy (non-hydrogen) atoms. The van der Waals surface area contributed by atoms with E-state index < -0.39 is 24.2 Å². The summed E-state index contributed by atoms with van der Waals surface area (Å²) in [5.41, 5.74) is 2.93. The highest BCUT2D eigenvalue weighted by Gasteiger charge is 2.45. The van der Waals surface area contributed by atoms with E-state index in [9.17, 15) is 13.6 Å². The molecule has 2 atom stereocenters. The first-order valence-electron chi connectivity index (χ1n) is 12.4. The summed E-state index contributed by atoms with van der Waals surface area (Å²) >= 11 is 1.89. The van der Waals surface area contributed by atoms with Crippen LogP contribution in [0.3, 0.4) is 0 Å². The van der Waals surface area contributed by atoms with E-state index >= 15 is 0 Å². The van der Waals surface area contributed by atoms with Crippen LogP contribution in [0.25, 0.3) is 11.1 Å². The normalized spacial score (nSPS) is 22.9. The number of likely N-dealkylation sites (tertiary alicyclic amines) is 1. The van der Waals surface area contributed by atoms with Crippen molar-refractivity contribution in [1.82, 2.24) is 10.2 Å². The Morgan fingerprint density at radius 1 is 1.14 bits per heavy atom. The van der Waals surface area contributed by atoms with Crippen LogP contribution >= 0.6 is 11.8 Å². The monoisotopic (exact) mass is 497 g/mol. The Labute approximate surface area is 211 Å².